The van der Waals surface area contributed by atoms with E-state index in [2.05, 4.69) is 10.2 Å². The van der Waals surface area contributed by atoms with Crippen LogP contribution in [-0.4, -0.2) is 14.8 Å². The van der Waals surface area contributed by atoms with Crippen molar-refractivity contribution in [1.82, 2.24) is 14.8 Å². The van der Waals surface area contributed by atoms with Gasteiger partial charge < -0.3 is 4.57 Å². The molecule has 1 aromatic rings. The first-order valence-corrected chi connectivity index (χ1v) is 4.19. The van der Waals surface area contributed by atoms with Gasteiger partial charge in [0, 0.05) is 13.5 Å². The fourth-order valence-corrected chi connectivity index (χ4v) is 1.45. The van der Waals surface area contributed by atoms with Crippen LogP contribution in [0.5, 0.6) is 0 Å². The van der Waals surface area contributed by atoms with Gasteiger partial charge in [-0.2, -0.15) is 0 Å². The highest BCUT2D eigenvalue weighted by Crippen LogP contribution is 2.28. The number of aromatic nitrogens is 3. The van der Waals surface area contributed by atoms with Crippen molar-refractivity contribution >= 4 is 0 Å². The van der Waals surface area contributed by atoms with Gasteiger partial charge in [-0.3, -0.25) is 0 Å². The summed E-state index contributed by atoms with van der Waals surface area (Å²) in [6, 6.07) is 0. The Morgan fingerprint density at radius 1 is 1.64 bits per heavy atom. The average molecular weight is 151 g/mol. The zero-order chi connectivity index (χ0) is 7.68. The molecule has 1 aromatic heterocycles. The molecule has 3 nitrogen and oxygen atoms in total. The van der Waals surface area contributed by atoms with Gasteiger partial charge in [0.1, 0.15) is 12.2 Å². The van der Waals surface area contributed by atoms with Gasteiger partial charge in [0.2, 0.25) is 0 Å². The molecule has 2 rings (SSSR count). The fraction of sp³-hybridized carbons (Fsp3) is 0.750. The van der Waals surface area contributed by atoms with Crippen molar-refractivity contribution in [2.45, 2.75) is 25.7 Å². The van der Waals surface area contributed by atoms with Crippen LogP contribution in [0.4, 0.5) is 0 Å². The van der Waals surface area contributed by atoms with Gasteiger partial charge in [-0.25, -0.2) is 0 Å². The average Bonchev–Trinajstić information content (AvgIpc) is 2.27. The zero-order valence-corrected chi connectivity index (χ0v) is 6.82. The van der Waals surface area contributed by atoms with Crippen LogP contribution in [0, 0.1) is 5.92 Å². The SMILES string of the molecule is Cn1cnnc1CC1CCC1. The molecule has 11 heavy (non-hydrogen) atoms. The summed E-state index contributed by atoms with van der Waals surface area (Å²) in [7, 11) is 2.01. The Kier molecular flexibility index (Phi) is 1.64. The van der Waals surface area contributed by atoms with Crippen molar-refractivity contribution in [2.75, 3.05) is 0 Å². The van der Waals surface area contributed by atoms with Crippen LogP contribution in [-0.2, 0) is 13.5 Å². The molecule has 0 N–H and O–H groups in total. The van der Waals surface area contributed by atoms with Gasteiger partial charge in [0.25, 0.3) is 0 Å². The molecule has 1 aliphatic rings. The van der Waals surface area contributed by atoms with E-state index < -0.39 is 0 Å². The fourth-order valence-electron chi connectivity index (χ4n) is 1.45. The Balaban J connectivity index is 1.99. The molecule has 0 spiro atoms. The van der Waals surface area contributed by atoms with Crippen molar-refractivity contribution < 1.29 is 0 Å². The van der Waals surface area contributed by atoms with Gasteiger partial charge in [-0.05, 0) is 5.92 Å². The topological polar surface area (TPSA) is 30.7 Å². The first-order valence-electron chi connectivity index (χ1n) is 4.19. The third-order valence-corrected chi connectivity index (χ3v) is 2.50. The molecule has 1 saturated carbocycles. The molecule has 0 aliphatic heterocycles. The molecule has 0 unspecified atom stereocenters. The first-order chi connectivity index (χ1) is 5.36. The highest BCUT2D eigenvalue weighted by Gasteiger charge is 2.19. The molecular weight excluding hydrogens is 138 g/mol. The van der Waals surface area contributed by atoms with Crippen molar-refractivity contribution in [1.29, 1.82) is 0 Å². The van der Waals surface area contributed by atoms with Gasteiger partial charge >= 0.3 is 0 Å². The second-order valence-corrected chi connectivity index (χ2v) is 3.36. The molecule has 0 bridgehead atoms. The standard InChI is InChI=1S/C8H13N3/c1-11-6-9-10-8(11)5-7-3-2-4-7/h6-7H,2-5H2,1H3. The number of hydrogen-bond acceptors (Lipinski definition) is 2. The Bertz CT molecular complexity index is 237. The Labute approximate surface area is 66.4 Å². The minimum atomic E-state index is 0.887. The van der Waals surface area contributed by atoms with Crippen LogP contribution in [0.25, 0.3) is 0 Å². The number of aryl methyl sites for hydroxylation is 1. The maximum absolute atomic E-state index is 4.05. The van der Waals surface area contributed by atoms with Crippen LogP contribution >= 0.6 is 0 Å². The Morgan fingerprint density at radius 2 is 2.45 bits per heavy atom. The summed E-state index contributed by atoms with van der Waals surface area (Å²) >= 11 is 0. The lowest BCUT2D eigenvalue weighted by Gasteiger charge is -2.24. The molecule has 0 saturated heterocycles. The van der Waals surface area contributed by atoms with Crippen LogP contribution in [0.2, 0.25) is 0 Å². The maximum Gasteiger partial charge on any atom is 0.132 e. The predicted octanol–water partition coefficient (Wildman–Crippen LogP) is 1.16. The lowest BCUT2D eigenvalue weighted by molar-refractivity contribution is 0.307. The van der Waals surface area contributed by atoms with Crippen molar-refractivity contribution in [3.63, 3.8) is 0 Å². The quantitative estimate of drug-likeness (QED) is 0.635. The zero-order valence-electron chi connectivity index (χ0n) is 6.82. The maximum atomic E-state index is 4.05. The summed E-state index contributed by atoms with van der Waals surface area (Å²) in [5, 5.41) is 7.90. The highest BCUT2D eigenvalue weighted by molar-refractivity contribution is 4.89. The van der Waals surface area contributed by atoms with Gasteiger partial charge in [-0.15, -0.1) is 10.2 Å². The van der Waals surface area contributed by atoms with E-state index in [1.165, 1.54) is 19.3 Å². The smallest absolute Gasteiger partial charge is 0.132 e. The van der Waals surface area contributed by atoms with Crippen LogP contribution in [0.3, 0.4) is 0 Å². The molecular formula is C8H13N3. The van der Waals surface area contributed by atoms with Crippen molar-refractivity contribution in [3.05, 3.63) is 12.2 Å². The lowest BCUT2D eigenvalue weighted by atomic mass is 9.83. The molecule has 0 atom stereocenters. The molecule has 1 heterocycles. The van der Waals surface area contributed by atoms with Crippen LogP contribution < -0.4 is 0 Å². The summed E-state index contributed by atoms with van der Waals surface area (Å²) in [6.07, 6.45) is 7.06. The third kappa shape index (κ3) is 1.27. The summed E-state index contributed by atoms with van der Waals surface area (Å²) in [5.74, 6) is 2.02. The number of rotatable bonds is 2. The van der Waals surface area contributed by atoms with Crippen molar-refractivity contribution in [2.24, 2.45) is 13.0 Å². The van der Waals surface area contributed by atoms with Crippen LogP contribution in [0.1, 0.15) is 25.1 Å². The monoisotopic (exact) mass is 151 g/mol. The summed E-state index contributed by atoms with van der Waals surface area (Å²) < 4.78 is 2.01. The molecule has 0 aromatic carbocycles. The van der Waals surface area contributed by atoms with E-state index in [0.717, 1.165) is 18.2 Å². The normalized spacial score (nSPS) is 18.3. The van der Waals surface area contributed by atoms with Gasteiger partial charge in [-0.1, -0.05) is 19.3 Å². The molecule has 1 fully saturated rings. The predicted molar refractivity (Wildman–Crippen MR) is 42.0 cm³/mol. The van der Waals surface area contributed by atoms with E-state index in [-0.39, 0.29) is 0 Å². The van der Waals surface area contributed by atoms with E-state index in [1.54, 1.807) is 6.33 Å². The first kappa shape index (κ1) is 6.83. The molecule has 60 valence electrons. The molecule has 0 amide bonds. The second-order valence-electron chi connectivity index (χ2n) is 3.36. The van der Waals surface area contributed by atoms with Crippen molar-refractivity contribution in [3.8, 4) is 0 Å². The Hall–Kier alpha value is -0.860. The number of hydrogen-bond donors (Lipinski definition) is 0. The van der Waals surface area contributed by atoms with Gasteiger partial charge in [0.05, 0.1) is 0 Å². The molecule has 1 aliphatic carbocycles. The third-order valence-electron chi connectivity index (χ3n) is 2.50. The van der Waals surface area contributed by atoms with Crippen LogP contribution in [0.15, 0.2) is 6.33 Å². The van der Waals surface area contributed by atoms with E-state index in [9.17, 15) is 0 Å². The summed E-state index contributed by atoms with van der Waals surface area (Å²) in [6.45, 7) is 0. The lowest BCUT2D eigenvalue weighted by Crippen LogP contribution is -2.15. The van der Waals surface area contributed by atoms with E-state index in [0.29, 0.717) is 0 Å². The Morgan fingerprint density at radius 3 is 2.91 bits per heavy atom. The van der Waals surface area contributed by atoms with Gasteiger partial charge in [0.15, 0.2) is 0 Å². The molecule has 0 radical (unpaired) electrons. The van der Waals surface area contributed by atoms with E-state index in [4.69, 9.17) is 0 Å². The summed E-state index contributed by atoms with van der Waals surface area (Å²) in [5.41, 5.74) is 0. The molecule has 3 heteroatoms. The minimum absolute atomic E-state index is 0.887. The highest BCUT2D eigenvalue weighted by atomic mass is 15.2. The largest absolute Gasteiger partial charge is 0.321 e. The van der Waals surface area contributed by atoms with E-state index in [1.807, 2.05) is 11.6 Å². The second kappa shape index (κ2) is 2.64. The summed E-state index contributed by atoms with van der Waals surface area (Å²) in [4.78, 5) is 0. The number of nitrogens with zero attached hydrogens (tertiary/aromatic N) is 3. The minimum Gasteiger partial charge on any atom is -0.321 e. The van der Waals surface area contributed by atoms with E-state index >= 15 is 0 Å².